The summed E-state index contributed by atoms with van der Waals surface area (Å²) in [4.78, 5) is 12.7. The Bertz CT molecular complexity index is 1610. The van der Waals surface area contributed by atoms with Gasteiger partial charge in [-0.3, -0.25) is 9.35 Å². The Hall–Kier alpha value is -2.92. The van der Waals surface area contributed by atoms with Gasteiger partial charge in [0.25, 0.3) is 16.6 Å². The molecule has 0 fully saturated rings. The zero-order chi connectivity index (χ0) is 33.5. The Kier molecular flexibility index (Phi) is 10.9. The van der Waals surface area contributed by atoms with Crippen LogP contribution in [-0.2, 0) is 35.2 Å². The Morgan fingerprint density at radius 3 is 2.53 bits per heavy atom. The van der Waals surface area contributed by atoms with Crippen LogP contribution in [0.4, 0.5) is 11.4 Å². The van der Waals surface area contributed by atoms with Gasteiger partial charge in [-0.15, -0.1) is 0 Å². The molecule has 0 saturated heterocycles. The second-order valence-electron chi connectivity index (χ2n) is 12.7. The minimum absolute atomic E-state index is 0.116. The van der Waals surface area contributed by atoms with Gasteiger partial charge >= 0.3 is 0 Å². The molecule has 4 rings (SSSR count). The van der Waals surface area contributed by atoms with E-state index in [4.69, 9.17) is 10.6 Å². The fourth-order valence-electron chi connectivity index (χ4n) is 6.42. The Morgan fingerprint density at radius 2 is 1.80 bits per heavy atom. The number of thiol groups is 1. The predicted molar refractivity (Wildman–Crippen MR) is 183 cm³/mol. The molecule has 2 aliphatic rings. The van der Waals surface area contributed by atoms with Gasteiger partial charge in [0.15, 0.2) is 5.71 Å². The SMILES string of the molecule is [3H]SCCCOCCN1C(=CC=CC2=[N+](CCCCCOC=O)c3ccc(S(=O)(=O)O)cc3C2(C)C)C(C)(C)c2cc(C)ccc21. The van der Waals surface area contributed by atoms with E-state index in [0.717, 1.165) is 60.9 Å². The largest absolute Gasteiger partial charge is 0.468 e. The number of rotatable bonds is 17. The molecular formula is C35H47N2O6S2+. The predicted octanol–water partition coefficient (Wildman–Crippen LogP) is 6.54. The summed E-state index contributed by atoms with van der Waals surface area (Å²) in [6, 6.07) is 11.4. The van der Waals surface area contributed by atoms with Crippen molar-refractivity contribution in [3.05, 3.63) is 77.0 Å². The minimum Gasteiger partial charge on any atom is -0.468 e. The van der Waals surface area contributed by atoms with Crippen LogP contribution in [0.25, 0.3) is 0 Å². The lowest BCUT2D eigenvalue weighted by molar-refractivity contribution is -0.438. The maximum atomic E-state index is 12.0. The molecule has 0 aliphatic carbocycles. The molecule has 0 radical (unpaired) electrons. The molecule has 2 aromatic rings. The molecule has 0 unspecified atom stereocenters. The van der Waals surface area contributed by atoms with E-state index < -0.39 is 15.5 Å². The van der Waals surface area contributed by atoms with Crippen LogP contribution in [0.2, 0.25) is 0 Å². The summed E-state index contributed by atoms with van der Waals surface area (Å²) in [5.41, 5.74) is 6.86. The van der Waals surface area contributed by atoms with Gasteiger partial charge in [0.2, 0.25) is 5.69 Å². The molecule has 8 nitrogen and oxygen atoms in total. The van der Waals surface area contributed by atoms with Gasteiger partial charge in [-0.1, -0.05) is 37.6 Å². The van der Waals surface area contributed by atoms with Crippen LogP contribution in [0.5, 0.6) is 0 Å². The van der Waals surface area contributed by atoms with E-state index >= 15 is 0 Å². The fourth-order valence-corrected chi connectivity index (χ4v) is 7.04. The highest BCUT2D eigenvalue weighted by Crippen LogP contribution is 2.48. The number of anilines is 1. The molecule has 45 heavy (non-hydrogen) atoms. The summed E-state index contributed by atoms with van der Waals surface area (Å²) in [5, 5.41) is 0. The number of nitrogens with zero attached hydrogens (tertiary/aromatic N) is 2. The zero-order valence-corrected chi connectivity index (χ0v) is 28.7. The highest BCUT2D eigenvalue weighted by molar-refractivity contribution is 7.85. The van der Waals surface area contributed by atoms with Gasteiger partial charge in [-0.2, -0.15) is 25.5 Å². The lowest BCUT2D eigenvalue weighted by Gasteiger charge is -2.27. The number of fused-ring (bicyclic) bond motifs is 2. The van der Waals surface area contributed by atoms with E-state index in [-0.39, 0.29) is 10.3 Å². The first-order valence-corrected chi connectivity index (χ1v) is 17.6. The second-order valence-corrected chi connectivity index (χ2v) is 14.6. The topological polar surface area (TPSA) is 96.2 Å². The van der Waals surface area contributed by atoms with Gasteiger partial charge in [-0.05, 0) is 75.6 Å². The van der Waals surface area contributed by atoms with Crippen molar-refractivity contribution < 1.29 is 31.8 Å². The van der Waals surface area contributed by atoms with Crippen LogP contribution >= 0.6 is 12.5 Å². The summed E-state index contributed by atoms with van der Waals surface area (Å²) < 4.78 is 54.1. The van der Waals surface area contributed by atoms with E-state index in [1.165, 1.54) is 28.6 Å². The molecule has 0 atom stereocenters. The highest BCUT2D eigenvalue weighted by Gasteiger charge is 2.45. The standard InChI is InChI=1S/C35H46N2O6S2/c1-26-13-15-30-28(23-26)34(2,3)33(37(30)18-21-42-20-10-22-44)12-9-11-32-35(4,5)29-24-27(45(39,40)41)14-16-31(29)36(32)17-7-6-8-19-43-25-38/h9,11-16,23-25H,6-8,10,17-22H2,1-5H3,(H-,39,40,41,44)/p+1/i/hT. The van der Waals surface area contributed by atoms with E-state index in [1.807, 2.05) is 0 Å². The lowest BCUT2D eigenvalue weighted by atomic mass is 9.81. The molecule has 10 heteroatoms. The number of unbranched alkanes of at least 4 members (excludes halogenated alkanes) is 2. The third-order valence-electron chi connectivity index (χ3n) is 8.82. The Labute approximate surface area is 275 Å². The summed E-state index contributed by atoms with van der Waals surface area (Å²) in [6.45, 7) is 14.2. The van der Waals surface area contributed by atoms with Crippen molar-refractivity contribution in [2.75, 3.05) is 43.6 Å². The number of ether oxygens (including phenoxy) is 2. The molecule has 2 heterocycles. The van der Waals surface area contributed by atoms with Crippen LogP contribution in [0.3, 0.4) is 0 Å². The third kappa shape index (κ3) is 7.73. The minimum atomic E-state index is -4.35. The first-order chi connectivity index (χ1) is 21.8. The molecule has 0 aromatic heterocycles. The van der Waals surface area contributed by atoms with Crippen molar-refractivity contribution >= 4 is 46.2 Å². The van der Waals surface area contributed by atoms with Gasteiger partial charge < -0.3 is 14.4 Å². The summed E-state index contributed by atoms with van der Waals surface area (Å²) in [6.07, 6.45) is 9.73. The molecule has 244 valence electrons. The first kappa shape index (κ1) is 33.4. The average Bonchev–Trinajstić information content (AvgIpc) is 3.34. The lowest BCUT2D eigenvalue weighted by Crippen LogP contribution is -2.29. The summed E-state index contributed by atoms with van der Waals surface area (Å²) in [7, 11) is -4.35. The van der Waals surface area contributed by atoms with Crippen molar-refractivity contribution in [3.8, 4) is 0 Å². The van der Waals surface area contributed by atoms with Gasteiger partial charge in [0.1, 0.15) is 7.67 Å². The molecule has 0 amide bonds. The number of hydrogen-bond donors (Lipinski definition) is 2. The van der Waals surface area contributed by atoms with Crippen molar-refractivity contribution in [3.63, 3.8) is 0 Å². The maximum absolute atomic E-state index is 12.0. The van der Waals surface area contributed by atoms with Crippen molar-refractivity contribution in [2.45, 2.75) is 76.0 Å². The number of carbonyl (C=O) groups is 1. The van der Waals surface area contributed by atoms with E-state index in [0.29, 0.717) is 39.4 Å². The Balaban J connectivity index is 1.68. The van der Waals surface area contributed by atoms with E-state index in [1.54, 1.807) is 12.1 Å². The first-order valence-electron chi connectivity index (χ1n) is 16.0. The number of aryl methyl sites for hydroxylation is 1. The van der Waals surface area contributed by atoms with Crippen LogP contribution in [-0.4, -0.2) is 69.5 Å². The van der Waals surface area contributed by atoms with Gasteiger partial charge in [0.05, 0.1) is 23.5 Å². The van der Waals surface area contributed by atoms with Gasteiger partial charge in [0, 0.05) is 54.1 Å². The maximum Gasteiger partial charge on any atom is 0.294 e. The molecule has 2 aliphatic heterocycles. The third-order valence-corrected chi connectivity index (χ3v) is 9.96. The van der Waals surface area contributed by atoms with Crippen LogP contribution < -0.4 is 4.90 Å². The monoisotopic (exact) mass is 657 g/mol. The Morgan fingerprint density at radius 1 is 1.00 bits per heavy atom. The zero-order valence-electron chi connectivity index (χ0n) is 28.0. The van der Waals surface area contributed by atoms with Crippen LogP contribution in [0.1, 0.15) is 70.1 Å². The normalized spacial score (nSPS) is 18.0. The van der Waals surface area contributed by atoms with Crippen molar-refractivity contribution in [1.82, 2.24) is 0 Å². The van der Waals surface area contributed by atoms with Gasteiger partial charge in [-0.25, -0.2) is 0 Å². The number of benzene rings is 2. The fraction of sp³-hybridized carbons (Fsp3) is 0.486. The smallest absolute Gasteiger partial charge is 0.294 e. The summed E-state index contributed by atoms with van der Waals surface area (Å²) in [5.74, 6) is 0.760. The van der Waals surface area contributed by atoms with Crippen molar-refractivity contribution in [1.29, 1.82) is 1.12 Å². The quantitative estimate of drug-likeness (QED) is 0.0656. The molecule has 2 aromatic carbocycles. The molecule has 1 N–H and O–H groups in total. The van der Waals surface area contributed by atoms with E-state index in [9.17, 15) is 17.8 Å². The molecule has 0 bridgehead atoms. The molecular weight excluding hydrogens is 609 g/mol. The van der Waals surface area contributed by atoms with Crippen molar-refractivity contribution in [2.24, 2.45) is 0 Å². The highest BCUT2D eigenvalue weighted by atomic mass is 32.2. The number of carbonyl (C=O) groups excluding carboxylic acids is 1. The van der Waals surface area contributed by atoms with Crippen LogP contribution in [0, 0.1) is 6.92 Å². The number of hydrogen-bond acceptors (Lipinski definition) is 7. The number of allylic oxidation sites excluding steroid dienone is 4. The molecule has 0 spiro atoms. The molecule has 0 saturated carbocycles. The summed E-state index contributed by atoms with van der Waals surface area (Å²) >= 11 is 1.09. The average molecular weight is 658 g/mol. The second kappa shape index (κ2) is 14.7. The van der Waals surface area contributed by atoms with E-state index in [2.05, 4.69) is 80.5 Å². The van der Waals surface area contributed by atoms with Crippen LogP contribution in [0.15, 0.2) is 65.2 Å².